The molecular formula is C19H16BrClN2OS. The van der Waals surface area contributed by atoms with Crippen molar-refractivity contribution in [2.45, 2.75) is 13.8 Å². The molecule has 3 aromatic rings. The quantitative estimate of drug-likeness (QED) is 0.464. The first-order valence-electron chi connectivity index (χ1n) is 7.66. The lowest BCUT2D eigenvalue weighted by atomic mass is 10.1. The number of hydrogen-bond donors (Lipinski definition) is 0. The maximum Gasteiger partial charge on any atom is 0.248 e. The third-order valence-corrected chi connectivity index (χ3v) is 5.18. The summed E-state index contributed by atoms with van der Waals surface area (Å²) in [5.41, 5.74) is 4.80. The molecule has 0 aliphatic rings. The molecule has 0 saturated heterocycles. The van der Waals surface area contributed by atoms with Crippen LogP contribution in [-0.4, -0.2) is 16.8 Å². The van der Waals surface area contributed by atoms with E-state index < -0.39 is 0 Å². The Morgan fingerprint density at radius 1 is 1.20 bits per heavy atom. The summed E-state index contributed by atoms with van der Waals surface area (Å²) in [5, 5.41) is 2.57. The highest BCUT2D eigenvalue weighted by Gasteiger charge is 2.21. The maximum absolute atomic E-state index is 12.5. The molecule has 0 aliphatic carbocycles. The summed E-state index contributed by atoms with van der Waals surface area (Å²) in [6, 6.07) is 13.9. The van der Waals surface area contributed by atoms with Crippen LogP contribution < -0.4 is 4.90 Å². The Morgan fingerprint density at radius 2 is 1.92 bits per heavy atom. The molecule has 0 bridgehead atoms. The smallest absolute Gasteiger partial charge is 0.248 e. The van der Waals surface area contributed by atoms with Crippen LogP contribution in [0.5, 0.6) is 0 Å². The third kappa shape index (κ3) is 4.11. The number of rotatable bonds is 4. The first kappa shape index (κ1) is 18.1. The van der Waals surface area contributed by atoms with Crippen LogP contribution in [0.15, 0.2) is 52.3 Å². The monoisotopic (exact) mass is 434 g/mol. The number of carbonyl (C=O) groups excluding carboxylic acids is 1. The highest BCUT2D eigenvalue weighted by Crippen LogP contribution is 2.34. The molecule has 6 heteroatoms. The molecule has 2 aromatic carbocycles. The number of carbonyl (C=O) groups is 1. The molecule has 3 rings (SSSR count). The Morgan fingerprint density at radius 3 is 2.56 bits per heavy atom. The number of thiazole rings is 1. The lowest BCUT2D eigenvalue weighted by Crippen LogP contribution is -2.27. The first-order chi connectivity index (χ1) is 12.0. The van der Waals surface area contributed by atoms with Crippen LogP contribution in [0.4, 0.5) is 10.8 Å². The van der Waals surface area contributed by atoms with Crippen molar-refractivity contribution in [2.75, 3.05) is 10.8 Å². The van der Waals surface area contributed by atoms with Gasteiger partial charge in [0.05, 0.1) is 11.4 Å². The highest BCUT2D eigenvalue weighted by molar-refractivity contribution is 9.10. The summed E-state index contributed by atoms with van der Waals surface area (Å²) < 4.78 is 0.988. The molecule has 0 saturated carbocycles. The Kier molecular flexibility index (Phi) is 5.57. The molecule has 1 amide bonds. The first-order valence-corrected chi connectivity index (χ1v) is 9.87. The van der Waals surface area contributed by atoms with E-state index in [2.05, 4.69) is 27.0 Å². The lowest BCUT2D eigenvalue weighted by Gasteiger charge is -2.20. The van der Waals surface area contributed by atoms with E-state index in [0.717, 1.165) is 32.5 Å². The number of amides is 1. The normalized spacial score (nSPS) is 10.7. The number of anilines is 2. The minimum atomic E-state index is -0.193. The fraction of sp³-hybridized carbons (Fsp3) is 0.158. The van der Waals surface area contributed by atoms with E-state index in [9.17, 15) is 4.79 Å². The van der Waals surface area contributed by atoms with E-state index >= 15 is 0 Å². The molecule has 0 atom stereocenters. The van der Waals surface area contributed by atoms with Crippen LogP contribution in [0.3, 0.4) is 0 Å². The third-order valence-electron chi connectivity index (χ3n) is 3.63. The minimum absolute atomic E-state index is 0.0984. The molecule has 0 aliphatic heterocycles. The summed E-state index contributed by atoms with van der Waals surface area (Å²) in [4.78, 5) is 18.8. The largest absolute Gasteiger partial charge is 0.273 e. The van der Waals surface area contributed by atoms with Gasteiger partial charge in [-0.3, -0.25) is 9.69 Å². The predicted octanol–water partition coefficient (Wildman–Crippen LogP) is 6.09. The van der Waals surface area contributed by atoms with Gasteiger partial charge in [0.15, 0.2) is 5.13 Å². The summed E-state index contributed by atoms with van der Waals surface area (Å²) in [6.07, 6.45) is 0. The van der Waals surface area contributed by atoms with Crippen molar-refractivity contribution in [1.29, 1.82) is 0 Å². The van der Waals surface area contributed by atoms with Crippen LogP contribution in [0.2, 0.25) is 0 Å². The molecule has 25 heavy (non-hydrogen) atoms. The molecule has 1 aromatic heterocycles. The second-order valence-electron chi connectivity index (χ2n) is 5.73. The van der Waals surface area contributed by atoms with Crippen LogP contribution >= 0.6 is 38.9 Å². The van der Waals surface area contributed by atoms with E-state index in [-0.39, 0.29) is 11.8 Å². The number of halogens is 2. The van der Waals surface area contributed by atoms with E-state index in [1.54, 1.807) is 4.90 Å². The molecular weight excluding hydrogens is 420 g/mol. The number of hydrogen-bond acceptors (Lipinski definition) is 3. The zero-order valence-electron chi connectivity index (χ0n) is 13.8. The van der Waals surface area contributed by atoms with Gasteiger partial charge in [-0.25, -0.2) is 4.98 Å². The second-order valence-corrected chi connectivity index (χ2v) is 7.75. The predicted molar refractivity (Wildman–Crippen MR) is 109 cm³/mol. The summed E-state index contributed by atoms with van der Waals surface area (Å²) in [6.45, 7) is 4.02. The van der Waals surface area contributed by atoms with Crippen molar-refractivity contribution < 1.29 is 4.79 Å². The summed E-state index contributed by atoms with van der Waals surface area (Å²) in [5.74, 6) is -0.291. The Bertz CT molecular complexity index is 905. The van der Waals surface area contributed by atoms with Crippen LogP contribution in [-0.2, 0) is 4.79 Å². The molecule has 3 nitrogen and oxygen atoms in total. The van der Waals surface area contributed by atoms with Gasteiger partial charge in [0, 0.05) is 15.4 Å². The Balaban J connectivity index is 2.05. The fourth-order valence-corrected chi connectivity index (χ4v) is 4.04. The van der Waals surface area contributed by atoms with E-state index in [0.29, 0.717) is 5.13 Å². The molecule has 128 valence electrons. The summed E-state index contributed by atoms with van der Waals surface area (Å²) >= 11 is 10.8. The van der Waals surface area contributed by atoms with Gasteiger partial charge in [0.25, 0.3) is 0 Å². The minimum Gasteiger partial charge on any atom is -0.273 e. The van der Waals surface area contributed by atoms with Gasteiger partial charge in [-0.1, -0.05) is 34.1 Å². The number of benzene rings is 2. The van der Waals surface area contributed by atoms with Crippen molar-refractivity contribution in [1.82, 2.24) is 4.98 Å². The van der Waals surface area contributed by atoms with Crippen molar-refractivity contribution in [3.63, 3.8) is 0 Å². The van der Waals surface area contributed by atoms with Crippen molar-refractivity contribution in [3.05, 3.63) is 63.4 Å². The van der Waals surface area contributed by atoms with Gasteiger partial charge in [-0.2, -0.15) is 0 Å². The van der Waals surface area contributed by atoms with Gasteiger partial charge < -0.3 is 0 Å². The molecule has 0 spiro atoms. The Hall–Kier alpha value is -1.69. The van der Waals surface area contributed by atoms with Crippen molar-refractivity contribution in [2.24, 2.45) is 0 Å². The van der Waals surface area contributed by atoms with E-state index in [4.69, 9.17) is 11.6 Å². The van der Waals surface area contributed by atoms with Gasteiger partial charge in [0.2, 0.25) is 5.91 Å². The zero-order chi connectivity index (χ0) is 18.0. The lowest BCUT2D eigenvalue weighted by molar-refractivity contribution is -0.115. The number of nitrogens with zero attached hydrogens (tertiary/aromatic N) is 2. The van der Waals surface area contributed by atoms with Gasteiger partial charge >= 0.3 is 0 Å². The molecule has 1 heterocycles. The number of aryl methyl sites for hydroxylation is 2. The molecule has 0 unspecified atom stereocenters. The molecule has 0 N–H and O–H groups in total. The SMILES string of the molecule is Cc1cc(C)cc(N(C(=O)CCl)c2nc(-c3cccc(Br)c3)cs2)c1. The number of alkyl halides is 1. The average molecular weight is 436 g/mol. The maximum atomic E-state index is 12.5. The van der Waals surface area contributed by atoms with Crippen LogP contribution in [0.1, 0.15) is 11.1 Å². The molecule has 0 fully saturated rings. The second kappa shape index (κ2) is 7.68. The average Bonchev–Trinajstić information content (AvgIpc) is 3.03. The van der Waals surface area contributed by atoms with Gasteiger partial charge in [-0.05, 0) is 49.2 Å². The van der Waals surface area contributed by atoms with Crippen LogP contribution in [0.25, 0.3) is 11.3 Å². The number of aromatic nitrogens is 1. The Labute approximate surface area is 164 Å². The standard InChI is InChI=1S/C19H16BrClN2OS/c1-12-6-13(2)8-16(7-12)23(18(24)10-21)19-22-17(11-25-19)14-4-3-5-15(20)9-14/h3-9,11H,10H2,1-2H3. The molecule has 0 radical (unpaired) electrons. The van der Waals surface area contributed by atoms with Gasteiger partial charge in [-0.15, -0.1) is 22.9 Å². The van der Waals surface area contributed by atoms with Crippen molar-refractivity contribution >= 4 is 55.6 Å². The summed E-state index contributed by atoms with van der Waals surface area (Å²) in [7, 11) is 0. The highest BCUT2D eigenvalue weighted by atomic mass is 79.9. The zero-order valence-corrected chi connectivity index (χ0v) is 17.0. The van der Waals surface area contributed by atoms with Gasteiger partial charge in [0.1, 0.15) is 5.88 Å². The van der Waals surface area contributed by atoms with E-state index in [1.165, 1.54) is 11.3 Å². The topological polar surface area (TPSA) is 33.2 Å². The van der Waals surface area contributed by atoms with Crippen molar-refractivity contribution in [3.8, 4) is 11.3 Å². The van der Waals surface area contributed by atoms with Crippen LogP contribution in [0, 0.1) is 13.8 Å². The fourth-order valence-electron chi connectivity index (χ4n) is 2.65. The van der Waals surface area contributed by atoms with E-state index in [1.807, 2.05) is 55.6 Å².